The minimum absolute atomic E-state index is 0. The maximum Gasteiger partial charge on any atom is 0.0568 e. The van der Waals surface area contributed by atoms with Gasteiger partial charge in [-0.05, 0) is 18.6 Å². The molecule has 24 heavy (non-hydrogen) atoms. The van der Waals surface area contributed by atoms with Crippen molar-refractivity contribution < 1.29 is 5.48 Å². The second-order valence-corrected chi connectivity index (χ2v) is 7.86. The van der Waals surface area contributed by atoms with Crippen LogP contribution in [0.2, 0.25) is 0 Å². The maximum absolute atomic E-state index is 4.41. The van der Waals surface area contributed by atoms with Crippen molar-refractivity contribution in [2.45, 2.75) is 102 Å². The van der Waals surface area contributed by atoms with Gasteiger partial charge in [-0.25, -0.2) is 0 Å². The predicted molar refractivity (Wildman–Crippen MR) is 110 cm³/mol. The summed E-state index contributed by atoms with van der Waals surface area (Å²) in [6.45, 7) is 2.29. The van der Waals surface area contributed by atoms with Crippen molar-refractivity contribution in [3.05, 3.63) is 30.1 Å². The third kappa shape index (κ3) is 12.9. The number of alkyl halides is 1. The zero-order valence-electron chi connectivity index (χ0n) is 15.6. The molecule has 0 aliphatic rings. The van der Waals surface area contributed by atoms with Gasteiger partial charge in [0.1, 0.15) is 0 Å². The topological polar surface area (TPSA) is 44.4 Å². The summed E-state index contributed by atoms with van der Waals surface area (Å²) in [6, 6.07) is 6.16. The van der Waals surface area contributed by atoms with Crippen molar-refractivity contribution in [3.8, 4) is 0 Å². The Kier molecular flexibility index (Phi) is 17.1. The number of hydrogen-bond donors (Lipinski definition) is 0. The van der Waals surface area contributed by atoms with Crippen LogP contribution in [-0.4, -0.2) is 10.5 Å². The van der Waals surface area contributed by atoms with Crippen LogP contribution in [0.4, 0.5) is 0 Å². The maximum atomic E-state index is 4.41. The van der Waals surface area contributed by atoms with E-state index < -0.39 is 0 Å². The number of rotatable bonds is 15. The second-order valence-electron chi connectivity index (χ2n) is 6.75. The van der Waals surface area contributed by atoms with Gasteiger partial charge in [0.15, 0.2) is 0 Å². The fourth-order valence-corrected chi connectivity index (χ4v) is 3.65. The van der Waals surface area contributed by atoms with Gasteiger partial charge < -0.3 is 5.48 Å². The van der Waals surface area contributed by atoms with Gasteiger partial charge >= 0.3 is 0 Å². The number of unbranched alkanes of at least 4 members (excludes halogenated alkanes) is 12. The molecule has 1 unspecified atom stereocenters. The van der Waals surface area contributed by atoms with Crippen LogP contribution in [0.5, 0.6) is 0 Å². The van der Waals surface area contributed by atoms with E-state index in [1.807, 2.05) is 12.3 Å². The summed E-state index contributed by atoms with van der Waals surface area (Å²) in [7, 11) is 0. The number of hydrogen-bond acceptors (Lipinski definition) is 1. The first-order valence-corrected chi connectivity index (χ1v) is 10.8. The van der Waals surface area contributed by atoms with Crippen LogP contribution in [0.1, 0.15) is 107 Å². The highest BCUT2D eigenvalue weighted by atomic mass is 79.9. The first-order valence-electron chi connectivity index (χ1n) is 9.89. The molecule has 1 atom stereocenters. The Hall–Kier alpha value is -0.410. The zero-order chi connectivity index (χ0) is 16.6. The van der Waals surface area contributed by atoms with Gasteiger partial charge in [-0.3, -0.25) is 4.98 Å². The van der Waals surface area contributed by atoms with Gasteiger partial charge in [0.25, 0.3) is 0 Å². The van der Waals surface area contributed by atoms with Gasteiger partial charge in [0.2, 0.25) is 0 Å². The van der Waals surface area contributed by atoms with Crippen molar-refractivity contribution in [2.75, 3.05) is 0 Å². The van der Waals surface area contributed by atoms with E-state index in [0.29, 0.717) is 4.83 Å². The van der Waals surface area contributed by atoms with Gasteiger partial charge in [-0.1, -0.05) is 112 Å². The van der Waals surface area contributed by atoms with Crippen molar-refractivity contribution in [1.82, 2.24) is 4.98 Å². The molecular weight excluding hydrogens is 362 g/mol. The van der Waals surface area contributed by atoms with Crippen molar-refractivity contribution in [2.24, 2.45) is 0 Å². The minimum Gasteiger partial charge on any atom is -0.412 e. The summed E-state index contributed by atoms with van der Waals surface area (Å²) < 4.78 is 0. The zero-order valence-corrected chi connectivity index (χ0v) is 17.2. The Labute approximate surface area is 158 Å². The fourth-order valence-electron chi connectivity index (χ4n) is 3.05. The molecule has 1 aromatic heterocycles. The fraction of sp³-hybridized carbons (Fsp3) is 0.762. The molecule has 0 amide bonds. The summed E-state index contributed by atoms with van der Waals surface area (Å²) >= 11 is 3.76. The number of nitrogens with zero attached hydrogens (tertiary/aromatic N) is 1. The van der Waals surface area contributed by atoms with E-state index in [-0.39, 0.29) is 5.48 Å². The van der Waals surface area contributed by atoms with E-state index in [9.17, 15) is 0 Å². The Morgan fingerprint density at radius 3 is 1.75 bits per heavy atom. The summed E-state index contributed by atoms with van der Waals surface area (Å²) in [6.07, 6.45) is 21.5. The summed E-state index contributed by atoms with van der Waals surface area (Å²) in [5.41, 5.74) is 1.17. The molecule has 2 nitrogen and oxygen atoms in total. The predicted octanol–water partition coefficient (Wildman–Crippen LogP) is 7.17. The molecular formula is C21H38BrNO. The third-order valence-electron chi connectivity index (χ3n) is 4.57. The highest BCUT2D eigenvalue weighted by molar-refractivity contribution is 9.09. The second kappa shape index (κ2) is 17.4. The molecule has 0 aromatic carbocycles. The molecule has 1 aromatic rings. The van der Waals surface area contributed by atoms with Crippen molar-refractivity contribution >= 4 is 15.9 Å². The Morgan fingerprint density at radius 1 is 0.792 bits per heavy atom. The molecule has 2 N–H and O–H groups in total. The van der Waals surface area contributed by atoms with Gasteiger partial charge in [0, 0.05) is 6.20 Å². The lowest BCUT2D eigenvalue weighted by atomic mass is 10.0. The smallest absolute Gasteiger partial charge is 0.0568 e. The highest BCUT2D eigenvalue weighted by Gasteiger charge is 2.07. The lowest BCUT2D eigenvalue weighted by molar-refractivity contribution is 0.535. The quantitative estimate of drug-likeness (QED) is 0.227. The van der Waals surface area contributed by atoms with Crippen LogP contribution in [0, 0.1) is 0 Å². The van der Waals surface area contributed by atoms with E-state index in [4.69, 9.17) is 0 Å². The van der Waals surface area contributed by atoms with E-state index in [1.54, 1.807) is 0 Å². The summed E-state index contributed by atoms with van der Waals surface area (Å²) in [4.78, 5) is 4.84. The van der Waals surface area contributed by atoms with Crippen LogP contribution >= 0.6 is 15.9 Å². The van der Waals surface area contributed by atoms with Crippen molar-refractivity contribution in [3.63, 3.8) is 0 Å². The Morgan fingerprint density at radius 2 is 1.29 bits per heavy atom. The molecule has 0 aliphatic heterocycles. The highest BCUT2D eigenvalue weighted by Crippen LogP contribution is 2.27. The van der Waals surface area contributed by atoms with Gasteiger partial charge in [-0.2, -0.15) is 0 Å². The average Bonchev–Trinajstić information content (AvgIpc) is 2.59. The lowest BCUT2D eigenvalue weighted by Crippen LogP contribution is -1.93. The molecule has 1 heterocycles. The standard InChI is InChI=1S/C21H36BrN.H2O/c1-2-3-4-5-6-7-8-9-10-11-12-13-14-17-20(22)21-18-15-16-19-23-21;/h15-16,18-20H,2-14,17H2,1H3;1H2. The molecule has 140 valence electrons. The molecule has 0 bridgehead atoms. The van der Waals surface area contributed by atoms with E-state index >= 15 is 0 Å². The molecule has 0 saturated heterocycles. The molecule has 0 saturated carbocycles. The number of aromatic nitrogens is 1. The van der Waals surface area contributed by atoms with Crippen LogP contribution < -0.4 is 0 Å². The average molecular weight is 400 g/mol. The first-order chi connectivity index (χ1) is 11.3. The van der Waals surface area contributed by atoms with Crippen LogP contribution in [0.25, 0.3) is 0 Å². The summed E-state index contributed by atoms with van der Waals surface area (Å²) in [5.74, 6) is 0. The Bertz CT molecular complexity index is 358. The molecule has 0 spiro atoms. The van der Waals surface area contributed by atoms with Crippen LogP contribution in [0.3, 0.4) is 0 Å². The minimum atomic E-state index is 0. The van der Waals surface area contributed by atoms with Crippen molar-refractivity contribution in [1.29, 1.82) is 0 Å². The molecule has 3 heteroatoms. The van der Waals surface area contributed by atoms with Gasteiger partial charge in [0.05, 0.1) is 10.5 Å². The summed E-state index contributed by atoms with van der Waals surface area (Å²) in [5, 5.41) is 0. The largest absolute Gasteiger partial charge is 0.412 e. The normalized spacial score (nSPS) is 11.9. The van der Waals surface area contributed by atoms with E-state index in [2.05, 4.69) is 40.0 Å². The third-order valence-corrected chi connectivity index (χ3v) is 5.50. The van der Waals surface area contributed by atoms with E-state index in [0.717, 1.165) is 0 Å². The lowest BCUT2D eigenvalue weighted by Gasteiger charge is -2.08. The van der Waals surface area contributed by atoms with Crippen LogP contribution in [-0.2, 0) is 0 Å². The molecule has 0 fully saturated rings. The molecule has 0 radical (unpaired) electrons. The van der Waals surface area contributed by atoms with Gasteiger partial charge in [-0.15, -0.1) is 0 Å². The SMILES string of the molecule is CCCCCCCCCCCCCCCC(Br)c1ccccn1.O. The monoisotopic (exact) mass is 399 g/mol. The molecule has 0 aliphatic carbocycles. The first kappa shape index (κ1) is 23.6. The Balaban J connectivity index is 0.00000529. The molecule has 1 rings (SSSR count). The number of halogens is 1. The van der Waals surface area contributed by atoms with E-state index in [1.165, 1.54) is 95.6 Å². The number of pyridine rings is 1. The van der Waals surface area contributed by atoms with Crippen LogP contribution in [0.15, 0.2) is 24.4 Å².